The van der Waals surface area contributed by atoms with Crippen molar-refractivity contribution in [2.75, 3.05) is 18.4 Å². The van der Waals surface area contributed by atoms with Gasteiger partial charge in [-0.2, -0.15) is 0 Å². The van der Waals surface area contributed by atoms with E-state index < -0.39 is 5.82 Å². The molecule has 0 aliphatic carbocycles. The van der Waals surface area contributed by atoms with Gasteiger partial charge in [0.05, 0.1) is 5.69 Å². The molecule has 1 aliphatic rings. The Balaban J connectivity index is 0.00000242. The number of carbonyl (C=O) groups is 2. The zero-order valence-electron chi connectivity index (χ0n) is 12.9. The molecule has 7 heteroatoms. The van der Waals surface area contributed by atoms with E-state index in [1.165, 1.54) is 25.1 Å². The summed E-state index contributed by atoms with van der Waals surface area (Å²) in [6.45, 7) is 6.65. The molecule has 1 heterocycles. The van der Waals surface area contributed by atoms with Crippen molar-refractivity contribution in [2.24, 2.45) is 0 Å². The minimum atomic E-state index is -0.552. The molecule has 122 valence electrons. The van der Waals surface area contributed by atoms with Gasteiger partial charge in [-0.1, -0.05) is 0 Å². The Morgan fingerprint density at radius 1 is 1.36 bits per heavy atom. The molecule has 2 N–H and O–H groups in total. The van der Waals surface area contributed by atoms with Crippen molar-refractivity contribution in [1.29, 1.82) is 0 Å². The van der Waals surface area contributed by atoms with Gasteiger partial charge in [-0.25, -0.2) is 4.39 Å². The highest BCUT2D eigenvalue weighted by Crippen LogP contribution is 2.19. The number of rotatable bonds is 2. The summed E-state index contributed by atoms with van der Waals surface area (Å²) in [4.78, 5) is 25.4. The molecule has 0 radical (unpaired) electrons. The first kappa shape index (κ1) is 18.4. The highest BCUT2D eigenvalue weighted by molar-refractivity contribution is 5.97. The third-order valence-electron chi connectivity index (χ3n) is 3.82. The first-order chi connectivity index (χ1) is 9.90. The van der Waals surface area contributed by atoms with Crippen LogP contribution in [-0.4, -0.2) is 41.9 Å². The normalized spacial score (nSPS) is 21.0. The van der Waals surface area contributed by atoms with Crippen molar-refractivity contribution in [3.05, 3.63) is 29.6 Å². The third-order valence-corrected chi connectivity index (χ3v) is 3.82. The fraction of sp³-hybridized carbons (Fsp3) is 0.467. The molecule has 0 spiro atoms. The van der Waals surface area contributed by atoms with Gasteiger partial charge in [-0.05, 0) is 32.0 Å². The van der Waals surface area contributed by atoms with Crippen LogP contribution in [0.2, 0.25) is 0 Å². The summed E-state index contributed by atoms with van der Waals surface area (Å²) in [7, 11) is 0. The van der Waals surface area contributed by atoms with Gasteiger partial charge in [0, 0.05) is 37.7 Å². The van der Waals surface area contributed by atoms with Gasteiger partial charge in [0.15, 0.2) is 0 Å². The van der Waals surface area contributed by atoms with E-state index >= 15 is 0 Å². The first-order valence-corrected chi connectivity index (χ1v) is 7.01. The summed E-state index contributed by atoms with van der Waals surface area (Å²) in [5, 5.41) is 5.70. The van der Waals surface area contributed by atoms with Crippen molar-refractivity contribution >= 4 is 29.9 Å². The number of amides is 2. The van der Waals surface area contributed by atoms with Crippen molar-refractivity contribution < 1.29 is 14.0 Å². The molecule has 1 fully saturated rings. The van der Waals surface area contributed by atoms with E-state index in [0.717, 1.165) is 6.54 Å². The van der Waals surface area contributed by atoms with E-state index in [-0.39, 0.29) is 42.0 Å². The first-order valence-electron chi connectivity index (χ1n) is 7.01. The van der Waals surface area contributed by atoms with Crippen LogP contribution in [0.5, 0.6) is 0 Å². The van der Waals surface area contributed by atoms with Crippen molar-refractivity contribution in [1.82, 2.24) is 10.2 Å². The molecule has 2 atom stereocenters. The maximum atomic E-state index is 13.6. The maximum Gasteiger partial charge on any atom is 0.254 e. The minimum Gasteiger partial charge on any atom is -0.333 e. The van der Waals surface area contributed by atoms with Gasteiger partial charge in [-0.15, -0.1) is 12.4 Å². The highest BCUT2D eigenvalue weighted by Gasteiger charge is 2.29. The topological polar surface area (TPSA) is 61.4 Å². The maximum absolute atomic E-state index is 13.6. The van der Waals surface area contributed by atoms with Gasteiger partial charge in [0.2, 0.25) is 5.91 Å². The summed E-state index contributed by atoms with van der Waals surface area (Å²) in [6, 6.07) is 4.30. The Kier molecular flexibility index (Phi) is 6.32. The number of halogens is 2. The van der Waals surface area contributed by atoms with E-state index in [0.29, 0.717) is 12.1 Å². The second kappa shape index (κ2) is 7.56. The number of hydrogen-bond donors (Lipinski definition) is 2. The lowest BCUT2D eigenvalue weighted by Crippen LogP contribution is -2.57. The zero-order chi connectivity index (χ0) is 15.6. The van der Waals surface area contributed by atoms with E-state index in [4.69, 9.17) is 0 Å². The lowest BCUT2D eigenvalue weighted by Gasteiger charge is -2.38. The van der Waals surface area contributed by atoms with Gasteiger partial charge < -0.3 is 15.5 Å². The molecule has 0 bridgehead atoms. The Morgan fingerprint density at radius 3 is 2.68 bits per heavy atom. The Hall–Kier alpha value is -1.66. The van der Waals surface area contributed by atoms with Crippen LogP contribution in [0.25, 0.3) is 0 Å². The number of nitrogens with zero attached hydrogens (tertiary/aromatic N) is 1. The SMILES string of the molecule is CC(=O)Nc1cc(C(=O)N2CCNC(C)C2C)ccc1F.Cl. The quantitative estimate of drug-likeness (QED) is 0.872. The minimum absolute atomic E-state index is 0. The number of carbonyl (C=O) groups excluding carboxylic acids is 2. The Labute approximate surface area is 135 Å². The largest absolute Gasteiger partial charge is 0.333 e. The molecule has 0 aromatic heterocycles. The second-order valence-corrected chi connectivity index (χ2v) is 5.36. The number of piperazine rings is 1. The smallest absolute Gasteiger partial charge is 0.254 e. The summed E-state index contributed by atoms with van der Waals surface area (Å²) >= 11 is 0. The molecule has 0 saturated carbocycles. The predicted octanol–water partition coefficient (Wildman–Crippen LogP) is 2.03. The lowest BCUT2D eigenvalue weighted by molar-refractivity contribution is -0.114. The third kappa shape index (κ3) is 3.96. The summed E-state index contributed by atoms with van der Waals surface area (Å²) < 4.78 is 13.6. The molecule has 1 saturated heterocycles. The predicted molar refractivity (Wildman–Crippen MR) is 85.9 cm³/mol. The molecule has 2 unspecified atom stereocenters. The van der Waals surface area contributed by atoms with Crippen molar-refractivity contribution in [3.63, 3.8) is 0 Å². The molecule has 1 aromatic carbocycles. The molecular formula is C15H21ClFN3O2. The molecule has 5 nitrogen and oxygen atoms in total. The van der Waals surface area contributed by atoms with Crippen molar-refractivity contribution in [2.45, 2.75) is 32.9 Å². The van der Waals surface area contributed by atoms with E-state index in [9.17, 15) is 14.0 Å². The Morgan fingerprint density at radius 2 is 2.05 bits per heavy atom. The van der Waals surface area contributed by atoms with E-state index in [2.05, 4.69) is 10.6 Å². The monoisotopic (exact) mass is 329 g/mol. The van der Waals surface area contributed by atoms with Crippen LogP contribution in [0.1, 0.15) is 31.1 Å². The van der Waals surface area contributed by atoms with E-state index in [1.807, 2.05) is 13.8 Å². The van der Waals surface area contributed by atoms with Gasteiger partial charge >= 0.3 is 0 Å². The second-order valence-electron chi connectivity index (χ2n) is 5.36. The van der Waals surface area contributed by atoms with Crippen LogP contribution in [0.4, 0.5) is 10.1 Å². The lowest BCUT2D eigenvalue weighted by atomic mass is 10.0. The Bertz CT molecular complexity index is 568. The van der Waals surface area contributed by atoms with Crippen LogP contribution in [0, 0.1) is 5.82 Å². The summed E-state index contributed by atoms with van der Waals surface area (Å²) in [6.07, 6.45) is 0. The van der Waals surface area contributed by atoms with Crippen LogP contribution in [-0.2, 0) is 4.79 Å². The van der Waals surface area contributed by atoms with Crippen LogP contribution >= 0.6 is 12.4 Å². The number of nitrogens with one attached hydrogen (secondary N) is 2. The molecule has 22 heavy (non-hydrogen) atoms. The average molecular weight is 330 g/mol. The molecule has 1 aliphatic heterocycles. The summed E-state index contributed by atoms with van der Waals surface area (Å²) in [5.41, 5.74) is 0.408. The number of hydrogen-bond acceptors (Lipinski definition) is 3. The average Bonchev–Trinajstić information content (AvgIpc) is 2.43. The van der Waals surface area contributed by atoms with Crippen LogP contribution < -0.4 is 10.6 Å². The highest BCUT2D eigenvalue weighted by atomic mass is 35.5. The van der Waals surface area contributed by atoms with Gasteiger partial charge in [0.1, 0.15) is 5.82 Å². The van der Waals surface area contributed by atoms with Gasteiger partial charge in [-0.3, -0.25) is 9.59 Å². The van der Waals surface area contributed by atoms with Gasteiger partial charge in [0.25, 0.3) is 5.91 Å². The van der Waals surface area contributed by atoms with Crippen molar-refractivity contribution in [3.8, 4) is 0 Å². The number of benzene rings is 1. The molecular weight excluding hydrogens is 309 g/mol. The molecule has 1 aromatic rings. The van der Waals surface area contributed by atoms with E-state index in [1.54, 1.807) is 4.90 Å². The molecule has 2 rings (SSSR count). The number of anilines is 1. The van der Waals surface area contributed by atoms with Crippen LogP contribution in [0.15, 0.2) is 18.2 Å². The fourth-order valence-electron chi connectivity index (χ4n) is 2.45. The standard InChI is InChI=1S/C15H20FN3O2.ClH/c1-9-10(2)19(7-6-17-9)15(21)12-4-5-13(16)14(8-12)18-11(3)20;/h4-5,8-10,17H,6-7H2,1-3H3,(H,18,20);1H. The zero-order valence-corrected chi connectivity index (χ0v) is 13.7. The molecule has 2 amide bonds. The fourth-order valence-corrected chi connectivity index (χ4v) is 2.45. The van der Waals surface area contributed by atoms with Crippen LogP contribution in [0.3, 0.4) is 0 Å². The summed E-state index contributed by atoms with van der Waals surface area (Å²) in [5.74, 6) is -1.08.